The van der Waals surface area contributed by atoms with E-state index in [1.165, 1.54) is 6.92 Å². The zero-order valence-electron chi connectivity index (χ0n) is 11.4. The first kappa shape index (κ1) is 14.9. The maximum Gasteiger partial charge on any atom is 0.329 e. The van der Waals surface area contributed by atoms with E-state index in [4.69, 9.17) is 5.11 Å². The van der Waals surface area contributed by atoms with Crippen LogP contribution in [-0.4, -0.2) is 27.6 Å². The third-order valence-electron chi connectivity index (χ3n) is 2.99. The van der Waals surface area contributed by atoms with Gasteiger partial charge in [0.2, 0.25) is 0 Å². The molecule has 6 heteroatoms. The summed E-state index contributed by atoms with van der Waals surface area (Å²) in [6.45, 7) is 5.36. The van der Waals surface area contributed by atoms with Gasteiger partial charge in [0.25, 0.3) is 0 Å². The molecule has 0 aromatic carbocycles. The zero-order chi connectivity index (χ0) is 14.5. The van der Waals surface area contributed by atoms with Gasteiger partial charge in [0, 0.05) is 18.4 Å². The van der Waals surface area contributed by atoms with Crippen molar-refractivity contribution in [3.05, 3.63) is 29.6 Å². The summed E-state index contributed by atoms with van der Waals surface area (Å²) >= 11 is 0. The first-order valence-electron chi connectivity index (χ1n) is 6.08. The summed E-state index contributed by atoms with van der Waals surface area (Å²) in [4.78, 5) is 26.8. The largest absolute Gasteiger partial charge is 0.480 e. The molecule has 6 nitrogen and oxygen atoms in total. The molecule has 0 bridgehead atoms. The summed E-state index contributed by atoms with van der Waals surface area (Å²) in [6, 6.07) is 3.20. The predicted octanol–water partition coefficient (Wildman–Crippen LogP) is 1.44. The van der Waals surface area contributed by atoms with Crippen LogP contribution >= 0.6 is 0 Å². The van der Waals surface area contributed by atoms with Crippen molar-refractivity contribution in [3.8, 4) is 0 Å². The number of carboxylic acids is 1. The molecule has 1 aromatic heterocycles. The number of urea groups is 1. The topological polar surface area (TPSA) is 91.3 Å². The van der Waals surface area contributed by atoms with E-state index in [-0.39, 0.29) is 0 Å². The van der Waals surface area contributed by atoms with Gasteiger partial charge in [-0.15, -0.1) is 0 Å². The molecule has 3 N–H and O–H groups in total. The smallest absolute Gasteiger partial charge is 0.329 e. The molecule has 104 valence electrons. The molecule has 1 unspecified atom stereocenters. The van der Waals surface area contributed by atoms with Crippen LogP contribution in [0.25, 0.3) is 0 Å². The molecule has 1 atom stereocenters. The van der Waals surface area contributed by atoms with E-state index in [0.29, 0.717) is 13.0 Å². The van der Waals surface area contributed by atoms with Gasteiger partial charge in [-0.3, -0.25) is 4.98 Å². The van der Waals surface area contributed by atoms with Gasteiger partial charge in [0.05, 0.1) is 0 Å². The average Bonchev–Trinajstić information content (AvgIpc) is 2.37. The summed E-state index contributed by atoms with van der Waals surface area (Å²) in [5.41, 5.74) is 0.502. The number of nitrogens with one attached hydrogen (secondary N) is 2. The van der Waals surface area contributed by atoms with Crippen molar-refractivity contribution < 1.29 is 14.7 Å². The van der Waals surface area contributed by atoms with Crippen molar-refractivity contribution in [2.45, 2.75) is 39.3 Å². The highest BCUT2D eigenvalue weighted by atomic mass is 16.4. The Labute approximate surface area is 112 Å². The molecule has 0 saturated heterocycles. The van der Waals surface area contributed by atoms with E-state index < -0.39 is 17.5 Å². The molecule has 0 fully saturated rings. The summed E-state index contributed by atoms with van der Waals surface area (Å²) in [7, 11) is 0. The van der Waals surface area contributed by atoms with Crippen LogP contribution in [0, 0.1) is 6.92 Å². The number of aliphatic carboxylic acids is 1. The summed E-state index contributed by atoms with van der Waals surface area (Å²) in [6.07, 6.45) is 1.98. The summed E-state index contributed by atoms with van der Waals surface area (Å²) < 4.78 is 0. The van der Waals surface area contributed by atoms with Gasteiger partial charge in [-0.1, -0.05) is 13.0 Å². The second-order valence-corrected chi connectivity index (χ2v) is 4.61. The van der Waals surface area contributed by atoms with Crippen LogP contribution < -0.4 is 10.6 Å². The Bertz CT molecular complexity index is 459. The SMILES string of the molecule is CCC(C)(NC(=O)NCc1ccc(C)nc1)C(=O)O. The van der Waals surface area contributed by atoms with E-state index >= 15 is 0 Å². The zero-order valence-corrected chi connectivity index (χ0v) is 11.4. The maximum absolute atomic E-state index is 11.7. The maximum atomic E-state index is 11.7. The molecule has 0 spiro atoms. The number of carbonyl (C=O) groups excluding carboxylic acids is 1. The lowest BCUT2D eigenvalue weighted by molar-refractivity contribution is -0.143. The van der Waals surface area contributed by atoms with Gasteiger partial charge < -0.3 is 15.7 Å². The predicted molar refractivity (Wildman–Crippen MR) is 70.7 cm³/mol. The minimum atomic E-state index is -1.25. The number of aryl methyl sites for hydroxylation is 1. The molecule has 0 saturated carbocycles. The standard InChI is InChI=1S/C13H19N3O3/c1-4-13(3,11(17)18)16-12(19)15-8-10-6-5-9(2)14-7-10/h5-7H,4,8H2,1-3H3,(H,17,18)(H2,15,16,19). The average molecular weight is 265 g/mol. The van der Waals surface area contributed by atoms with Crippen molar-refractivity contribution >= 4 is 12.0 Å². The van der Waals surface area contributed by atoms with Crippen LogP contribution in [0.1, 0.15) is 31.5 Å². The normalized spacial score (nSPS) is 13.4. The quantitative estimate of drug-likeness (QED) is 0.751. The van der Waals surface area contributed by atoms with Crippen LogP contribution in [0.4, 0.5) is 4.79 Å². The molecule has 1 aromatic rings. The number of rotatable bonds is 5. The van der Waals surface area contributed by atoms with Crippen molar-refractivity contribution in [2.75, 3.05) is 0 Å². The highest BCUT2D eigenvalue weighted by molar-refractivity contribution is 5.85. The molecule has 19 heavy (non-hydrogen) atoms. The third kappa shape index (κ3) is 4.24. The minimum Gasteiger partial charge on any atom is -0.480 e. The van der Waals surface area contributed by atoms with Crippen molar-refractivity contribution in [2.24, 2.45) is 0 Å². The van der Waals surface area contributed by atoms with Crippen LogP contribution in [0.15, 0.2) is 18.3 Å². The fourth-order valence-electron chi connectivity index (χ4n) is 1.37. The number of carbonyl (C=O) groups is 2. The van der Waals surface area contributed by atoms with Gasteiger partial charge in [0.15, 0.2) is 0 Å². The number of nitrogens with zero attached hydrogens (tertiary/aromatic N) is 1. The Kier molecular flexibility index (Phi) is 4.86. The van der Waals surface area contributed by atoms with Gasteiger partial charge in [-0.25, -0.2) is 9.59 Å². The second kappa shape index (κ2) is 6.17. The summed E-state index contributed by atoms with van der Waals surface area (Å²) in [5, 5.41) is 14.1. The van der Waals surface area contributed by atoms with Crippen molar-refractivity contribution in [1.29, 1.82) is 0 Å². The molecule has 0 radical (unpaired) electrons. The lowest BCUT2D eigenvalue weighted by Crippen LogP contribution is -2.54. The Balaban J connectivity index is 2.52. The van der Waals surface area contributed by atoms with E-state index in [9.17, 15) is 9.59 Å². The fraction of sp³-hybridized carbons (Fsp3) is 0.462. The highest BCUT2D eigenvalue weighted by Gasteiger charge is 2.32. The van der Waals surface area contributed by atoms with Crippen LogP contribution in [-0.2, 0) is 11.3 Å². The molecule has 1 rings (SSSR count). The van der Waals surface area contributed by atoms with Crippen LogP contribution in [0.3, 0.4) is 0 Å². The third-order valence-corrected chi connectivity index (χ3v) is 2.99. The first-order chi connectivity index (χ1) is 8.87. The van der Waals surface area contributed by atoms with E-state index in [1.807, 2.05) is 19.1 Å². The Morgan fingerprint density at radius 2 is 2.11 bits per heavy atom. The second-order valence-electron chi connectivity index (χ2n) is 4.61. The number of aromatic nitrogens is 1. The van der Waals surface area contributed by atoms with Crippen LogP contribution in [0.5, 0.6) is 0 Å². The monoisotopic (exact) mass is 265 g/mol. The number of hydrogen-bond donors (Lipinski definition) is 3. The lowest BCUT2D eigenvalue weighted by atomic mass is 10.00. The lowest BCUT2D eigenvalue weighted by Gasteiger charge is -2.24. The molecule has 2 amide bonds. The molecule has 1 heterocycles. The fourth-order valence-corrected chi connectivity index (χ4v) is 1.37. The van der Waals surface area contributed by atoms with E-state index in [1.54, 1.807) is 13.1 Å². The number of carboxylic acid groups (broad SMARTS) is 1. The Hall–Kier alpha value is -2.11. The summed E-state index contributed by atoms with van der Waals surface area (Å²) in [5.74, 6) is -1.05. The van der Waals surface area contributed by atoms with E-state index in [0.717, 1.165) is 11.3 Å². The number of hydrogen-bond acceptors (Lipinski definition) is 3. The molecular formula is C13H19N3O3. The first-order valence-corrected chi connectivity index (χ1v) is 6.08. The van der Waals surface area contributed by atoms with Gasteiger partial charge >= 0.3 is 12.0 Å². The molecular weight excluding hydrogens is 246 g/mol. The minimum absolute atomic E-state index is 0.304. The Morgan fingerprint density at radius 3 is 2.58 bits per heavy atom. The number of pyridine rings is 1. The van der Waals surface area contributed by atoms with Crippen molar-refractivity contribution in [1.82, 2.24) is 15.6 Å². The van der Waals surface area contributed by atoms with Gasteiger partial charge in [-0.2, -0.15) is 0 Å². The Morgan fingerprint density at radius 1 is 1.42 bits per heavy atom. The van der Waals surface area contributed by atoms with Gasteiger partial charge in [-0.05, 0) is 31.9 Å². The molecule has 0 aliphatic carbocycles. The molecule has 0 aliphatic rings. The van der Waals surface area contributed by atoms with Crippen LogP contribution in [0.2, 0.25) is 0 Å². The van der Waals surface area contributed by atoms with Crippen molar-refractivity contribution in [3.63, 3.8) is 0 Å². The molecule has 0 aliphatic heterocycles. The highest BCUT2D eigenvalue weighted by Crippen LogP contribution is 2.08. The van der Waals surface area contributed by atoms with E-state index in [2.05, 4.69) is 15.6 Å². The number of amides is 2. The van der Waals surface area contributed by atoms with Gasteiger partial charge in [0.1, 0.15) is 5.54 Å².